The Morgan fingerprint density at radius 3 is 2.65 bits per heavy atom. The molecule has 0 radical (unpaired) electrons. The fourth-order valence-corrected chi connectivity index (χ4v) is 3.72. The number of aromatic amines is 1. The number of fused-ring (bicyclic) bond motifs is 1. The number of benzene rings is 1. The van der Waals surface area contributed by atoms with E-state index in [1.807, 2.05) is 6.07 Å². The summed E-state index contributed by atoms with van der Waals surface area (Å²) in [6, 6.07) is 6.23. The van der Waals surface area contributed by atoms with E-state index >= 15 is 0 Å². The van der Waals surface area contributed by atoms with Crippen molar-refractivity contribution >= 4 is 22.5 Å². The van der Waals surface area contributed by atoms with E-state index in [4.69, 9.17) is 11.6 Å². The molecule has 1 aromatic heterocycles. The molecule has 142 valence electrons. The molecule has 0 amide bonds. The van der Waals surface area contributed by atoms with Gasteiger partial charge < -0.3 is 4.98 Å². The summed E-state index contributed by atoms with van der Waals surface area (Å²) in [5.74, 6) is 0.368. The first kappa shape index (κ1) is 20.8. The number of hydrogen-bond donors (Lipinski definition) is 1. The van der Waals surface area contributed by atoms with Gasteiger partial charge in [0.05, 0.1) is 0 Å². The minimum absolute atomic E-state index is 0.368. The third-order valence-corrected chi connectivity index (χ3v) is 5.31. The maximum atomic E-state index is 6.30. The summed E-state index contributed by atoms with van der Waals surface area (Å²) in [5, 5.41) is 2.12. The molecular formula is C24H34ClN. The van der Waals surface area contributed by atoms with Gasteiger partial charge in [0.25, 0.3) is 0 Å². The van der Waals surface area contributed by atoms with Crippen molar-refractivity contribution in [2.24, 2.45) is 0 Å². The molecule has 0 fully saturated rings. The van der Waals surface area contributed by atoms with Crippen LogP contribution < -0.4 is 0 Å². The van der Waals surface area contributed by atoms with Crippen molar-refractivity contribution in [3.8, 4) is 0 Å². The highest BCUT2D eigenvalue weighted by Gasteiger charge is 2.18. The molecule has 0 bridgehead atoms. The van der Waals surface area contributed by atoms with Crippen LogP contribution in [0.4, 0.5) is 0 Å². The maximum Gasteiger partial charge on any atom is 0.0460 e. The minimum atomic E-state index is 0.368. The lowest BCUT2D eigenvalue weighted by molar-refractivity contribution is 0.710. The number of hydrogen-bond acceptors (Lipinski definition) is 0. The number of allylic oxidation sites excluding steroid dienone is 4. The van der Waals surface area contributed by atoms with Crippen LogP contribution in [-0.4, -0.2) is 4.98 Å². The van der Waals surface area contributed by atoms with E-state index in [0.717, 1.165) is 24.3 Å². The lowest BCUT2D eigenvalue weighted by Gasteiger charge is -2.15. The minimum Gasteiger partial charge on any atom is -0.358 e. The highest BCUT2D eigenvalue weighted by molar-refractivity contribution is 6.31. The molecule has 0 saturated heterocycles. The number of nitrogens with one attached hydrogen (secondary N) is 1. The van der Waals surface area contributed by atoms with Gasteiger partial charge in [-0.05, 0) is 55.0 Å². The van der Waals surface area contributed by atoms with Gasteiger partial charge in [-0.2, -0.15) is 0 Å². The van der Waals surface area contributed by atoms with Gasteiger partial charge >= 0.3 is 0 Å². The molecule has 1 atom stereocenters. The van der Waals surface area contributed by atoms with E-state index in [2.05, 4.69) is 63.0 Å². The number of aryl methyl sites for hydroxylation is 1. The zero-order chi connectivity index (χ0) is 18.9. The fraction of sp³-hybridized carbons (Fsp3) is 0.500. The second-order valence-corrected chi connectivity index (χ2v) is 7.63. The van der Waals surface area contributed by atoms with Crippen molar-refractivity contribution in [2.45, 2.75) is 78.6 Å². The van der Waals surface area contributed by atoms with E-state index in [1.165, 1.54) is 53.4 Å². The summed E-state index contributed by atoms with van der Waals surface area (Å²) < 4.78 is 0. The summed E-state index contributed by atoms with van der Waals surface area (Å²) in [6.45, 7) is 9.02. The molecular weight excluding hydrogens is 338 g/mol. The fourth-order valence-electron chi connectivity index (χ4n) is 3.55. The Kier molecular flexibility index (Phi) is 8.51. The van der Waals surface area contributed by atoms with E-state index in [0.29, 0.717) is 5.92 Å². The smallest absolute Gasteiger partial charge is 0.0460 e. The van der Waals surface area contributed by atoms with E-state index < -0.39 is 0 Å². The molecule has 1 unspecified atom stereocenters. The van der Waals surface area contributed by atoms with E-state index in [9.17, 15) is 0 Å². The molecule has 0 saturated carbocycles. The van der Waals surface area contributed by atoms with Crippen LogP contribution in [0.2, 0.25) is 5.02 Å². The number of rotatable bonds is 10. The van der Waals surface area contributed by atoms with Gasteiger partial charge in [-0.15, -0.1) is 0 Å². The van der Waals surface area contributed by atoms with E-state index in [1.54, 1.807) is 0 Å². The third-order valence-electron chi connectivity index (χ3n) is 5.08. The second kappa shape index (κ2) is 10.6. The van der Waals surface area contributed by atoms with Gasteiger partial charge in [0.15, 0.2) is 0 Å². The Balaban J connectivity index is 2.47. The predicted octanol–water partition coefficient (Wildman–Crippen LogP) is 8.35. The molecule has 2 rings (SSSR count). The van der Waals surface area contributed by atoms with Crippen LogP contribution in [0.25, 0.3) is 10.9 Å². The highest BCUT2D eigenvalue weighted by Crippen LogP contribution is 2.34. The van der Waals surface area contributed by atoms with Gasteiger partial charge in [-0.25, -0.2) is 0 Å². The molecule has 1 nitrogen and oxygen atoms in total. The average molecular weight is 372 g/mol. The average Bonchev–Trinajstić information content (AvgIpc) is 2.99. The van der Waals surface area contributed by atoms with Crippen molar-refractivity contribution in [2.75, 3.05) is 0 Å². The summed E-state index contributed by atoms with van der Waals surface area (Å²) in [5.41, 5.74) is 5.44. The van der Waals surface area contributed by atoms with Crippen LogP contribution in [0.3, 0.4) is 0 Å². The van der Waals surface area contributed by atoms with Gasteiger partial charge in [0, 0.05) is 27.5 Å². The SMILES string of the molecule is CC/C=C\C(=C/CCC)C(C)c1[nH]c2ccc(Cl)cc2c1CCCCC. The Morgan fingerprint density at radius 2 is 1.96 bits per heavy atom. The molecule has 2 heteroatoms. The van der Waals surface area contributed by atoms with Crippen molar-refractivity contribution in [3.05, 3.63) is 58.3 Å². The second-order valence-electron chi connectivity index (χ2n) is 7.19. The maximum absolute atomic E-state index is 6.30. The summed E-state index contributed by atoms with van der Waals surface area (Å²) >= 11 is 6.30. The van der Waals surface area contributed by atoms with Crippen LogP contribution in [0.5, 0.6) is 0 Å². The topological polar surface area (TPSA) is 15.8 Å². The molecule has 0 aliphatic carbocycles. The summed E-state index contributed by atoms with van der Waals surface area (Å²) in [7, 11) is 0. The first-order valence-corrected chi connectivity index (χ1v) is 10.7. The molecule has 1 N–H and O–H groups in total. The lowest BCUT2D eigenvalue weighted by atomic mass is 9.91. The largest absolute Gasteiger partial charge is 0.358 e. The van der Waals surface area contributed by atoms with E-state index in [-0.39, 0.29) is 0 Å². The van der Waals surface area contributed by atoms with Crippen LogP contribution >= 0.6 is 11.6 Å². The quantitative estimate of drug-likeness (QED) is 0.319. The Labute approximate surface area is 164 Å². The Bertz CT molecular complexity index is 751. The van der Waals surface area contributed by atoms with Crippen molar-refractivity contribution < 1.29 is 0 Å². The van der Waals surface area contributed by atoms with Gasteiger partial charge in [-0.1, -0.05) is 76.8 Å². The van der Waals surface area contributed by atoms with Crippen molar-refractivity contribution in [1.29, 1.82) is 0 Å². The molecule has 26 heavy (non-hydrogen) atoms. The molecule has 0 aliphatic heterocycles. The first-order valence-electron chi connectivity index (χ1n) is 10.3. The Hall–Kier alpha value is -1.47. The van der Waals surface area contributed by atoms with Crippen molar-refractivity contribution in [1.82, 2.24) is 4.98 Å². The number of halogens is 1. The molecule has 1 aromatic carbocycles. The predicted molar refractivity (Wildman–Crippen MR) is 117 cm³/mol. The van der Waals surface area contributed by atoms with Gasteiger partial charge in [-0.3, -0.25) is 0 Å². The molecule has 0 spiro atoms. The zero-order valence-corrected chi connectivity index (χ0v) is 17.6. The molecule has 2 aromatic rings. The number of H-pyrrole nitrogens is 1. The summed E-state index contributed by atoms with van der Waals surface area (Å²) in [4.78, 5) is 3.72. The monoisotopic (exact) mass is 371 g/mol. The molecule has 1 heterocycles. The van der Waals surface area contributed by atoms with Crippen LogP contribution in [-0.2, 0) is 6.42 Å². The number of aromatic nitrogens is 1. The Morgan fingerprint density at radius 1 is 1.15 bits per heavy atom. The van der Waals surface area contributed by atoms with Crippen LogP contribution in [0.1, 0.15) is 83.4 Å². The molecule has 0 aliphatic rings. The van der Waals surface area contributed by atoms with Gasteiger partial charge in [0.2, 0.25) is 0 Å². The van der Waals surface area contributed by atoms with Crippen molar-refractivity contribution in [3.63, 3.8) is 0 Å². The first-order chi connectivity index (χ1) is 12.6. The highest BCUT2D eigenvalue weighted by atomic mass is 35.5. The normalized spacial score (nSPS) is 13.8. The lowest BCUT2D eigenvalue weighted by Crippen LogP contribution is -2.01. The third kappa shape index (κ3) is 5.27. The van der Waals surface area contributed by atoms with Crippen LogP contribution in [0, 0.1) is 0 Å². The zero-order valence-electron chi connectivity index (χ0n) is 16.9. The number of unbranched alkanes of at least 4 members (excludes halogenated alkanes) is 3. The standard InChI is InChI=1S/C24H34ClN/c1-5-8-11-14-21-22-17-20(25)15-16-23(22)26-24(21)18(4)19(12-9-6-2)13-10-7-3/h9,12-13,15-18,26H,5-8,10-11,14H2,1-4H3/b12-9-,19-13+. The van der Waals surface area contributed by atoms with Crippen LogP contribution in [0.15, 0.2) is 42.0 Å². The van der Waals surface area contributed by atoms with Gasteiger partial charge in [0.1, 0.15) is 0 Å². The summed E-state index contributed by atoms with van der Waals surface area (Å²) in [6.07, 6.45) is 15.2.